The number of hydrogen-bond donors (Lipinski definition) is 0. The van der Waals surface area contributed by atoms with Gasteiger partial charge in [0.25, 0.3) is 0 Å². The summed E-state index contributed by atoms with van der Waals surface area (Å²) in [4.78, 5) is 12.1. The lowest BCUT2D eigenvalue weighted by Gasteiger charge is -2.18. The molecule has 2 nitrogen and oxygen atoms in total. The van der Waals surface area contributed by atoms with Gasteiger partial charge >= 0.3 is 0 Å². The van der Waals surface area contributed by atoms with Gasteiger partial charge in [-0.3, -0.25) is 0 Å². The van der Waals surface area contributed by atoms with Crippen LogP contribution in [0, 0.1) is 5.92 Å². The average molecular weight is 296 g/mol. The molecular weight excluding hydrogens is 280 g/mol. The summed E-state index contributed by atoms with van der Waals surface area (Å²) >= 11 is 5.26. The second kappa shape index (κ2) is 5.02. The third-order valence-corrected chi connectivity index (χ3v) is 5.86. The number of fused-ring (bicyclic) bond motifs is 3. The van der Waals surface area contributed by atoms with Crippen LogP contribution in [0.4, 0.5) is 0 Å². The average Bonchev–Trinajstić information content (AvgIpc) is 2.74. The zero-order valence-corrected chi connectivity index (χ0v) is 13.3. The standard InChI is InChI=1S/C13H16N2S3/c1-7-4-5-8-9(6-7)18-12-10(8)11(16-2)14-13(15-12)17-3/h7H,4-6H2,1-3H3/t7-/m1/s1. The van der Waals surface area contributed by atoms with Crippen LogP contribution >= 0.6 is 34.9 Å². The Kier molecular flexibility index (Phi) is 3.56. The first kappa shape index (κ1) is 12.8. The number of thiophene rings is 1. The topological polar surface area (TPSA) is 25.8 Å². The molecule has 0 fully saturated rings. The quantitative estimate of drug-likeness (QED) is 0.470. The molecular formula is C13H16N2S3. The van der Waals surface area contributed by atoms with Crippen molar-refractivity contribution >= 4 is 45.1 Å². The first-order valence-corrected chi connectivity index (χ1v) is 9.39. The van der Waals surface area contributed by atoms with Crippen molar-refractivity contribution in [1.29, 1.82) is 0 Å². The Hall–Kier alpha value is -0.260. The van der Waals surface area contributed by atoms with Gasteiger partial charge in [-0.05, 0) is 43.3 Å². The minimum Gasteiger partial charge on any atom is -0.215 e. The molecule has 0 N–H and O–H groups in total. The molecule has 0 radical (unpaired) electrons. The van der Waals surface area contributed by atoms with E-state index in [4.69, 9.17) is 0 Å². The molecule has 2 heterocycles. The molecule has 2 aromatic rings. The lowest BCUT2D eigenvalue weighted by Crippen LogP contribution is -2.08. The second-order valence-electron chi connectivity index (χ2n) is 4.75. The van der Waals surface area contributed by atoms with E-state index in [9.17, 15) is 0 Å². The third-order valence-electron chi connectivity index (χ3n) is 3.48. The van der Waals surface area contributed by atoms with Crippen LogP contribution in [0.15, 0.2) is 10.2 Å². The van der Waals surface area contributed by atoms with Crippen LogP contribution in [0.1, 0.15) is 23.8 Å². The Morgan fingerprint density at radius 1 is 1.22 bits per heavy atom. The highest BCUT2D eigenvalue weighted by Gasteiger charge is 2.23. The van der Waals surface area contributed by atoms with E-state index in [0.29, 0.717) is 0 Å². The summed E-state index contributed by atoms with van der Waals surface area (Å²) in [6.07, 6.45) is 7.88. The summed E-state index contributed by atoms with van der Waals surface area (Å²) in [5.74, 6) is 0.816. The van der Waals surface area contributed by atoms with Crippen molar-refractivity contribution in [2.24, 2.45) is 5.92 Å². The highest BCUT2D eigenvalue weighted by molar-refractivity contribution is 7.99. The maximum absolute atomic E-state index is 4.69. The molecule has 18 heavy (non-hydrogen) atoms. The van der Waals surface area contributed by atoms with E-state index in [0.717, 1.165) is 16.1 Å². The SMILES string of the molecule is CSc1nc(SC)c2c3c(sc2n1)C[C@H](C)CC3. The van der Waals surface area contributed by atoms with Crippen molar-refractivity contribution in [1.82, 2.24) is 9.97 Å². The van der Waals surface area contributed by atoms with E-state index in [1.165, 1.54) is 35.0 Å². The van der Waals surface area contributed by atoms with Crippen LogP contribution in [0.2, 0.25) is 0 Å². The third kappa shape index (κ3) is 2.06. The van der Waals surface area contributed by atoms with Crippen molar-refractivity contribution in [2.75, 3.05) is 12.5 Å². The summed E-state index contributed by atoms with van der Waals surface area (Å²) in [5, 5.41) is 3.40. The van der Waals surface area contributed by atoms with Crippen molar-refractivity contribution < 1.29 is 0 Å². The summed E-state index contributed by atoms with van der Waals surface area (Å²) < 4.78 is 0. The molecule has 2 aromatic heterocycles. The molecule has 0 unspecified atom stereocenters. The number of thioether (sulfide) groups is 2. The second-order valence-corrected chi connectivity index (χ2v) is 7.40. The molecule has 0 aliphatic heterocycles. The molecule has 5 heteroatoms. The lowest BCUT2D eigenvalue weighted by atomic mass is 9.89. The van der Waals surface area contributed by atoms with Gasteiger partial charge in [0, 0.05) is 10.3 Å². The summed E-state index contributed by atoms with van der Waals surface area (Å²) in [6, 6.07) is 0. The van der Waals surface area contributed by atoms with E-state index in [1.807, 2.05) is 17.6 Å². The van der Waals surface area contributed by atoms with Crippen molar-refractivity contribution in [3.05, 3.63) is 10.4 Å². The molecule has 3 rings (SSSR count). The Morgan fingerprint density at radius 2 is 2.06 bits per heavy atom. The Morgan fingerprint density at radius 3 is 2.78 bits per heavy atom. The van der Waals surface area contributed by atoms with E-state index in [1.54, 1.807) is 28.4 Å². The normalized spacial score (nSPS) is 19.2. The van der Waals surface area contributed by atoms with Crippen LogP contribution in [-0.2, 0) is 12.8 Å². The van der Waals surface area contributed by atoms with Gasteiger partial charge in [0.2, 0.25) is 0 Å². The van der Waals surface area contributed by atoms with Crippen LogP contribution < -0.4 is 0 Å². The highest BCUT2D eigenvalue weighted by Crippen LogP contribution is 2.40. The number of nitrogens with zero attached hydrogens (tertiary/aromatic N) is 2. The molecule has 1 atom stereocenters. The minimum absolute atomic E-state index is 0.816. The molecule has 1 aliphatic rings. The zero-order chi connectivity index (χ0) is 12.7. The van der Waals surface area contributed by atoms with E-state index >= 15 is 0 Å². The van der Waals surface area contributed by atoms with Crippen molar-refractivity contribution in [2.45, 2.75) is 36.4 Å². The molecule has 96 valence electrons. The first-order chi connectivity index (χ1) is 8.72. The Bertz CT molecular complexity index is 591. The largest absolute Gasteiger partial charge is 0.215 e. The minimum atomic E-state index is 0.816. The predicted octanol–water partition coefficient (Wildman–Crippen LogP) is 4.26. The maximum atomic E-state index is 4.69. The van der Waals surface area contributed by atoms with Crippen LogP contribution in [0.25, 0.3) is 10.2 Å². The van der Waals surface area contributed by atoms with Crippen LogP contribution in [0.5, 0.6) is 0 Å². The zero-order valence-electron chi connectivity index (χ0n) is 10.8. The lowest BCUT2D eigenvalue weighted by molar-refractivity contribution is 0.509. The van der Waals surface area contributed by atoms with Crippen molar-refractivity contribution in [3.63, 3.8) is 0 Å². The fraction of sp³-hybridized carbons (Fsp3) is 0.538. The number of aromatic nitrogens is 2. The van der Waals surface area contributed by atoms with Gasteiger partial charge in [-0.1, -0.05) is 18.7 Å². The molecule has 0 aromatic carbocycles. The summed E-state index contributed by atoms with van der Waals surface area (Å²) in [6.45, 7) is 2.35. The molecule has 0 bridgehead atoms. The summed E-state index contributed by atoms with van der Waals surface area (Å²) in [5.41, 5.74) is 1.53. The fourth-order valence-corrected chi connectivity index (χ4v) is 5.06. The Labute approximate surface area is 120 Å². The number of hydrogen-bond acceptors (Lipinski definition) is 5. The molecule has 0 saturated carbocycles. The molecule has 0 amide bonds. The van der Waals surface area contributed by atoms with Gasteiger partial charge in [0.05, 0.1) is 0 Å². The van der Waals surface area contributed by atoms with E-state index in [2.05, 4.69) is 23.1 Å². The van der Waals surface area contributed by atoms with Gasteiger partial charge in [-0.2, -0.15) is 0 Å². The molecule has 0 saturated heterocycles. The van der Waals surface area contributed by atoms with E-state index < -0.39 is 0 Å². The first-order valence-electron chi connectivity index (χ1n) is 6.13. The molecule has 0 spiro atoms. The maximum Gasteiger partial charge on any atom is 0.189 e. The van der Waals surface area contributed by atoms with Gasteiger partial charge in [-0.15, -0.1) is 23.1 Å². The van der Waals surface area contributed by atoms with Gasteiger partial charge in [-0.25, -0.2) is 9.97 Å². The number of aryl methyl sites for hydroxylation is 1. The smallest absolute Gasteiger partial charge is 0.189 e. The summed E-state index contributed by atoms with van der Waals surface area (Å²) in [7, 11) is 0. The van der Waals surface area contributed by atoms with Gasteiger partial charge < -0.3 is 0 Å². The van der Waals surface area contributed by atoms with Crippen molar-refractivity contribution in [3.8, 4) is 0 Å². The predicted molar refractivity (Wildman–Crippen MR) is 82.2 cm³/mol. The Balaban J connectivity index is 2.24. The number of rotatable bonds is 2. The highest BCUT2D eigenvalue weighted by atomic mass is 32.2. The van der Waals surface area contributed by atoms with Crippen LogP contribution in [0.3, 0.4) is 0 Å². The fourth-order valence-electron chi connectivity index (χ4n) is 2.53. The van der Waals surface area contributed by atoms with E-state index in [-0.39, 0.29) is 0 Å². The van der Waals surface area contributed by atoms with Gasteiger partial charge in [0.1, 0.15) is 9.86 Å². The monoisotopic (exact) mass is 296 g/mol. The van der Waals surface area contributed by atoms with Crippen LogP contribution in [-0.4, -0.2) is 22.5 Å². The van der Waals surface area contributed by atoms with Gasteiger partial charge in [0.15, 0.2) is 5.16 Å². The molecule has 1 aliphatic carbocycles.